The second kappa shape index (κ2) is 17.4. The van der Waals surface area contributed by atoms with E-state index in [2.05, 4.69) is 13.8 Å². The Morgan fingerprint density at radius 3 is 1.90 bits per heavy atom. The van der Waals surface area contributed by atoms with E-state index in [1.165, 1.54) is 32.1 Å². The highest BCUT2D eigenvalue weighted by Crippen LogP contribution is 2.08. The molecule has 0 aromatic heterocycles. The molecule has 0 aliphatic carbocycles. The van der Waals surface area contributed by atoms with Crippen LogP contribution in [0.25, 0.3) is 0 Å². The van der Waals surface area contributed by atoms with Gasteiger partial charge >= 0.3 is 5.97 Å². The number of carbonyl (C=O) groups excluding carboxylic acids is 1. The number of carbonyl (C=O) groups is 1. The Morgan fingerprint density at radius 2 is 1.24 bits per heavy atom. The molecule has 0 heterocycles. The molecule has 0 aliphatic heterocycles. The van der Waals surface area contributed by atoms with Crippen molar-refractivity contribution in [1.29, 1.82) is 0 Å². The summed E-state index contributed by atoms with van der Waals surface area (Å²) in [6.07, 6.45) is 10.1. The molecule has 0 amide bonds. The molecule has 0 aliphatic rings. The fraction of sp³-hybridized carbons (Fsp3) is 0.941. The van der Waals surface area contributed by atoms with Crippen molar-refractivity contribution in [2.75, 3.05) is 33.0 Å². The summed E-state index contributed by atoms with van der Waals surface area (Å²) in [5, 5.41) is 0. The lowest BCUT2D eigenvalue weighted by atomic mass is 10.1. The number of unbranched alkanes of at least 4 members (excludes halogenated alkanes) is 6. The van der Waals surface area contributed by atoms with Crippen LogP contribution in [0, 0.1) is 0 Å². The van der Waals surface area contributed by atoms with Crippen LogP contribution in [0.1, 0.15) is 71.6 Å². The van der Waals surface area contributed by atoms with Gasteiger partial charge in [-0.05, 0) is 12.8 Å². The van der Waals surface area contributed by atoms with Gasteiger partial charge in [0.2, 0.25) is 0 Å². The standard InChI is InChI=1S/C17H34O4/c1-3-5-6-7-8-9-10-11-17(18)21-16-15-20-14-13-19-12-4-2/h3-16H2,1-2H3. The molecule has 0 atom stereocenters. The molecular formula is C17H34O4. The molecule has 4 heteroatoms. The van der Waals surface area contributed by atoms with Crippen LogP contribution in [0.4, 0.5) is 0 Å². The predicted octanol–water partition coefficient (Wildman–Crippen LogP) is 4.11. The lowest BCUT2D eigenvalue weighted by molar-refractivity contribution is -0.145. The largest absolute Gasteiger partial charge is 0.463 e. The molecule has 21 heavy (non-hydrogen) atoms. The van der Waals surface area contributed by atoms with E-state index in [1.54, 1.807) is 0 Å². The fourth-order valence-electron chi connectivity index (χ4n) is 1.98. The van der Waals surface area contributed by atoms with Crippen molar-refractivity contribution >= 4 is 5.97 Å². The van der Waals surface area contributed by atoms with Gasteiger partial charge < -0.3 is 14.2 Å². The normalized spacial score (nSPS) is 10.8. The number of esters is 1. The Kier molecular flexibility index (Phi) is 16.9. The van der Waals surface area contributed by atoms with E-state index in [0.717, 1.165) is 25.9 Å². The minimum Gasteiger partial charge on any atom is -0.463 e. The van der Waals surface area contributed by atoms with E-state index in [-0.39, 0.29) is 5.97 Å². The highest BCUT2D eigenvalue weighted by atomic mass is 16.6. The van der Waals surface area contributed by atoms with Crippen LogP contribution in [0.5, 0.6) is 0 Å². The zero-order chi connectivity index (χ0) is 15.6. The molecule has 126 valence electrons. The molecule has 0 radical (unpaired) electrons. The number of hydrogen-bond donors (Lipinski definition) is 0. The summed E-state index contributed by atoms with van der Waals surface area (Å²) >= 11 is 0. The third-order valence-electron chi connectivity index (χ3n) is 3.20. The third-order valence-corrected chi connectivity index (χ3v) is 3.20. The van der Waals surface area contributed by atoms with Gasteiger partial charge in [0.05, 0.1) is 19.8 Å². The highest BCUT2D eigenvalue weighted by Gasteiger charge is 2.02. The minimum absolute atomic E-state index is 0.102. The van der Waals surface area contributed by atoms with E-state index in [1.807, 2.05) is 0 Å². The van der Waals surface area contributed by atoms with Gasteiger partial charge in [-0.2, -0.15) is 0 Å². The van der Waals surface area contributed by atoms with Gasteiger partial charge in [0.25, 0.3) is 0 Å². The first kappa shape index (κ1) is 20.4. The summed E-state index contributed by atoms with van der Waals surface area (Å²) in [6, 6.07) is 0. The van der Waals surface area contributed by atoms with E-state index >= 15 is 0 Å². The van der Waals surface area contributed by atoms with E-state index in [0.29, 0.717) is 32.8 Å². The molecule has 0 saturated carbocycles. The maximum Gasteiger partial charge on any atom is 0.305 e. The summed E-state index contributed by atoms with van der Waals surface area (Å²) < 4.78 is 15.7. The summed E-state index contributed by atoms with van der Waals surface area (Å²) in [4.78, 5) is 11.4. The van der Waals surface area contributed by atoms with Gasteiger partial charge in [-0.1, -0.05) is 52.4 Å². The monoisotopic (exact) mass is 302 g/mol. The molecule has 0 spiro atoms. The lowest BCUT2D eigenvalue weighted by Crippen LogP contribution is -2.12. The van der Waals surface area contributed by atoms with Gasteiger partial charge in [0.1, 0.15) is 6.61 Å². The number of rotatable bonds is 16. The van der Waals surface area contributed by atoms with Crippen LogP contribution in [-0.2, 0) is 19.0 Å². The van der Waals surface area contributed by atoms with Gasteiger partial charge in [-0.25, -0.2) is 0 Å². The Balaban J connectivity index is 3.13. The topological polar surface area (TPSA) is 44.8 Å². The van der Waals surface area contributed by atoms with Crippen molar-refractivity contribution in [2.45, 2.75) is 71.6 Å². The molecule has 0 fully saturated rings. The molecule has 4 nitrogen and oxygen atoms in total. The zero-order valence-corrected chi connectivity index (χ0v) is 14.0. The quantitative estimate of drug-likeness (QED) is 0.318. The van der Waals surface area contributed by atoms with Crippen molar-refractivity contribution in [3.63, 3.8) is 0 Å². The van der Waals surface area contributed by atoms with Crippen molar-refractivity contribution in [3.8, 4) is 0 Å². The van der Waals surface area contributed by atoms with Crippen LogP contribution in [0.3, 0.4) is 0 Å². The van der Waals surface area contributed by atoms with Gasteiger partial charge in [0.15, 0.2) is 0 Å². The maximum absolute atomic E-state index is 11.4. The Bertz CT molecular complexity index is 219. The minimum atomic E-state index is -0.102. The highest BCUT2D eigenvalue weighted by molar-refractivity contribution is 5.69. The average Bonchev–Trinajstić information content (AvgIpc) is 2.49. The summed E-state index contributed by atoms with van der Waals surface area (Å²) in [5.41, 5.74) is 0. The Labute approximate surface area is 130 Å². The third kappa shape index (κ3) is 17.3. The summed E-state index contributed by atoms with van der Waals surface area (Å²) in [5.74, 6) is -0.102. The molecule has 0 aromatic carbocycles. The molecular weight excluding hydrogens is 268 g/mol. The first-order chi connectivity index (χ1) is 10.3. The molecule has 0 saturated heterocycles. The predicted molar refractivity (Wildman–Crippen MR) is 85.5 cm³/mol. The van der Waals surface area contributed by atoms with E-state index in [9.17, 15) is 4.79 Å². The Hall–Kier alpha value is -0.610. The van der Waals surface area contributed by atoms with Crippen LogP contribution in [0.2, 0.25) is 0 Å². The first-order valence-electron chi connectivity index (χ1n) is 8.62. The molecule has 0 unspecified atom stereocenters. The summed E-state index contributed by atoms with van der Waals surface area (Å²) in [7, 11) is 0. The van der Waals surface area contributed by atoms with Crippen molar-refractivity contribution in [1.82, 2.24) is 0 Å². The number of ether oxygens (including phenoxy) is 3. The van der Waals surface area contributed by atoms with E-state index in [4.69, 9.17) is 14.2 Å². The van der Waals surface area contributed by atoms with Crippen LogP contribution >= 0.6 is 0 Å². The lowest BCUT2D eigenvalue weighted by Gasteiger charge is -2.06. The van der Waals surface area contributed by atoms with Crippen molar-refractivity contribution in [3.05, 3.63) is 0 Å². The van der Waals surface area contributed by atoms with Gasteiger partial charge in [-0.3, -0.25) is 4.79 Å². The van der Waals surface area contributed by atoms with Crippen LogP contribution in [0.15, 0.2) is 0 Å². The average molecular weight is 302 g/mol. The zero-order valence-electron chi connectivity index (χ0n) is 14.0. The summed E-state index contributed by atoms with van der Waals surface area (Å²) in [6.45, 7) is 7.05. The van der Waals surface area contributed by atoms with Crippen LogP contribution in [-0.4, -0.2) is 39.0 Å². The second-order valence-electron chi connectivity index (χ2n) is 5.32. The van der Waals surface area contributed by atoms with Gasteiger partial charge in [0, 0.05) is 13.0 Å². The van der Waals surface area contributed by atoms with Crippen LogP contribution < -0.4 is 0 Å². The molecule has 0 bridgehead atoms. The molecule has 0 rings (SSSR count). The Morgan fingerprint density at radius 1 is 0.667 bits per heavy atom. The molecule has 0 aromatic rings. The van der Waals surface area contributed by atoms with Crippen molar-refractivity contribution < 1.29 is 19.0 Å². The SMILES string of the molecule is CCCCCCCCCC(=O)OCCOCCOCCC. The number of hydrogen-bond acceptors (Lipinski definition) is 4. The van der Waals surface area contributed by atoms with Crippen molar-refractivity contribution in [2.24, 2.45) is 0 Å². The second-order valence-corrected chi connectivity index (χ2v) is 5.32. The fourth-order valence-corrected chi connectivity index (χ4v) is 1.98. The van der Waals surface area contributed by atoms with Gasteiger partial charge in [-0.15, -0.1) is 0 Å². The smallest absolute Gasteiger partial charge is 0.305 e. The maximum atomic E-state index is 11.4. The first-order valence-corrected chi connectivity index (χ1v) is 8.62. The molecule has 0 N–H and O–H groups in total. The van der Waals surface area contributed by atoms with E-state index < -0.39 is 0 Å².